The first kappa shape index (κ1) is 17.4. The van der Waals surface area contributed by atoms with Gasteiger partial charge in [-0.3, -0.25) is 4.79 Å². The molecule has 0 saturated heterocycles. The molecule has 0 aliphatic carbocycles. The second kappa shape index (κ2) is 7.65. The first-order valence-corrected chi connectivity index (χ1v) is 7.95. The van der Waals surface area contributed by atoms with E-state index in [4.69, 9.17) is 9.15 Å². The van der Waals surface area contributed by atoms with Crippen LogP contribution in [0.3, 0.4) is 0 Å². The molecule has 1 heterocycles. The van der Waals surface area contributed by atoms with E-state index in [2.05, 4.69) is 5.32 Å². The molecule has 0 aliphatic heterocycles. The lowest BCUT2D eigenvalue weighted by Gasteiger charge is -2.15. The number of para-hydroxylation sites is 1. The van der Waals surface area contributed by atoms with Crippen molar-refractivity contribution in [1.29, 1.82) is 0 Å². The molecule has 3 aromatic rings. The average molecular weight is 353 g/mol. The predicted molar refractivity (Wildman–Crippen MR) is 93.3 cm³/mol. The molecule has 5 nitrogen and oxygen atoms in total. The maximum Gasteiger partial charge on any atom is 0.340 e. The van der Waals surface area contributed by atoms with Crippen molar-refractivity contribution in [3.05, 3.63) is 89.6 Å². The quantitative estimate of drug-likeness (QED) is 0.681. The first-order chi connectivity index (χ1) is 12.5. The van der Waals surface area contributed by atoms with Gasteiger partial charge >= 0.3 is 5.97 Å². The molecule has 2 aromatic carbocycles. The van der Waals surface area contributed by atoms with Crippen LogP contribution in [0.1, 0.15) is 39.5 Å². The van der Waals surface area contributed by atoms with Crippen molar-refractivity contribution in [3.8, 4) is 0 Å². The van der Waals surface area contributed by atoms with E-state index < -0.39 is 18.0 Å². The number of hydrogen-bond acceptors (Lipinski definition) is 4. The Labute approximate surface area is 149 Å². The van der Waals surface area contributed by atoms with Crippen molar-refractivity contribution in [1.82, 2.24) is 0 Å². The maximum absolute atomic E-state index is 13.0. The van der Waals surface area contributed by atoms with E-state index in [1.807, 2.05) is 0 Å². The van der Waals surface area contributed by atoms with E-state index in [1.54, 1.807) is 49.4 Å². The van der Waals surface area contributed by atoms with Gasteiger partial charge in [-0.1, -0.05) is 24.3 Å². The highest BCUT2D eigenvalue weighted by atomic mass is 19.1. The molecule has 0 unspecified atom stereocenters. The minimum Gasteiger partial charge on any atom is -0.459 e. The van der Waals surface area contributed by atoms with Gasteiger partial charge in [-0.15, -0.1) is 0 Å². The summed E-state index contributed by atoms with van der Waals surface area (Å²) in [5.74, 6) is -1.30. The number of esters is 1. The average Bonchev–Trinajstić information content (AvgIpc) is 3.17. The molecule has 0 saturated carbocycles. The Kier molecular flexibility index (Phi) is 5.12. The molecule has 0 radical (unpaired) electrons. The van der Waals surface area contributed by atoms with Crippen LogP contribution in [-0.4, -0.2) is 11.9 Å². The molecule has 1 aromatic heterocycles. The number of halogens is 1. The van der Waals surface area contributed by atoms with Crippen LogP contribution < -0.4 is 5.32 Å². The van der Waals surface area contributed by atoms with Crippen molar-refractivity contribution in [2.75, 3.05) is 5.32 Å². The molecular formula is C20H16FNO4. The van der Waals surface area contributed by atoms with Gasteiger partial charge in [0.15, 0.2) is 5.76 Å². The molecule has 3 rings (SSSR count). The van der Waals surface area contributed by atoms with Crippen molar-refractivity contribution in [2.45, 2.75) is 13.0 Å². The highest BCUT2D eigenvalue weighted by Gasteiger charge is 2.19. The zero-order valence-electron chi connectivity index (χ0n) is 13.9. The molecule has 1 amide bonds. The van der Waals surface area contributed by atoms with Crippen molar-refractivity contribution in [3.63, 3.8) is 0 Å². The third-order valence-corrected chi connectivity index (χ3v) is 3.76. The minimum absolute atomic E-state index is 0.132. The van der Waals surface area contributed by atoms with Crippen molar-refractivity contribution in [2.24, 2.45) is 0 Å². The molecule has 1 N–H and O–H groups in total. The van der Waals surface area contributed by atoms with Crippen LogP contribution in [0.2, 0.25) is 0 Å². The summed E-state index contributed by atoms with van der Waals surface area (Å²) in [7, 11) is 0. The number of nitrogens with one attached hydrogen (secondary N) is 1. The Hall–Kier alpha value is -3.41. The monoisotopic (exact) mass is 353 g/mol. The number of rotatable bonds is 5. The molecule has 6 heteroatoms. The van der Waals surface area contributed by atoms with Crippen LogP contribution in [0.4, 0.5) is 10.1 Å². The Morgan fingerprint density at radius 1 is 1.04 bits per heavy atom. The van der Waals surface area contributed by atoms with Gasteiger partial charge in [-0.05, 0) is 48.9 Å². The number of anilines is 1. The number of amides is 1. The second-order valence-electron chi connectivity index (χ2n) is 5.58. The fourth-order valence-electron chi connectivity index (χ4n) is 2.39. The summed E-state index contributed by atoms with van der Waals surface area (Å²) >= 11 is 0. The van der Waals surface area contributed by atoms with Crippen LogP contribution >= 0.6 is 0 Å². The molecule has 1 atom stereocenters. The Bertz CT molecular complexity index is 904. The summed E-state index contributed by atoms with van der Waals surface area (Å²) in [6.45, 7) is 1.69. The Morgan fingerprint density at radius 2 is 1.77 bits per heavy atom. The highest BCUT2D eigenvalue weighted by Crippen LogP contribution is 2.23. The number of carbonyl (C=O) groups excluding carboxylic acids is 2. The normalized spacial score (nSPS) is 11.6. The van der Waals surface area contributed by atoms with Crippen LogP contribution in [-0.2, 0) is 4.74 Å². The molecule has 26 heavy (non-hydrogen) atoms. The molecule has 0 spiro atoms. The summed E-state index contributed by atoms with van der Waals surface area (Å²) in [5, 5.41) is 2.63. The second-order valence-corrected chi connectivity index (χ2v) is 5.58. The van der Waals surface area contributed by atoms with Gasteiger partial charge in [0.25, 0.3) is 5.91 Å². The summed E-state index contributed by atoms with van der Waals surface area (Å²) in [6, 6.07) is 15.3. The summed E-state index contributed by atoms with van der Waals surface area (Å²) in [6.07, 6.45) is 0.816. The van der Waals surface area contributed by atoms with Gasteiger partial charge in [0.2, 0.25) is 0 Å². The Morgan fingerprint density at radius 3 is 2.46 bits per heavy atom. The van der Waals surface area contributed by atoms with Crippen LogP contribution in [0.25, 0.3) is 0 Å². The summed E-state index contributed by atoms with van der Waals surface area (Å²) in [4.78, 5) is 24.6. The predicted octanol–water partition coefficient (Wildman–Crippen LogP) is 4.59. The van der Waals surface area contributed by atoms with Gasteiger partial charge in [0.05, 0.1) is 17.5 Å². The smallest absolute Gasteiger partial charge is 0.340 e. The summed E-state index contributed by atoms with van der Waals surface area (Å²) in [5.41, 5.74) is 1.18. The van der Waals surface area contributed by atoms with Crippen LogP contribution in [0, 0.1) is 5.82 Å². The fourth-order valence-corrected chi connectivity index (χ4v) is 2.39. The summed E-state index contributed by atoms with van der Waals surface area (Å²) < 4.78 is 23.5. The van der Waals surface area contributed by atoms with Crippen molar-refractivity contribution >= 4 is 17.6 Å². The lowest BCUT2D eigenvalue weighted by molar-refractivity contribution is 0.0339. The zero-order valence-corrected chi connectivity index (χ0v) is 13.9. The lowest BCUT2D eigenvalue weighted by atomic mass is 10.1. The molecule has 0 aliphatic rings. The van der Waals surface area contributed by atoms with E-state index >= 15 is 0 Å². The van der Waals surface area contributed by atoms with E-state index in [0.717, 1.165) is 0 Å². The number of carbonyl (C=O) groups is 2. The van der Waals surface area contributed by atoms with E-state index in [-0.39, 0.29) is 17.1 Å². The molecule has 0 bridgehead atoms. The van der Waals surface area contributed by atoms with Gasteiger partial charge in [0, 0.05) is 0 Å². The topological polar surface area (TPSA) is 68.5 Å². The molecule has 0 fully saturated rings. The SMILES string of the molecule is C[C@@H](OC(=O)c1ccccc1NC(=O)c1ccco1)c1ccc(F)cc1. The van der Waals surface area contributed by atoms with Gasteiger partial charge in [-0.25, -0.2) is 9.18 Å². The van der Waals surface area contributed by atoms with E-state index in [1.165, 1.54) is 24.5 Å². The van der Waals surface area contributed by atoms with Gasteiger partial charge in [-0.2, -0.15) is 0 Å². The van der Waals surface area contributed by atoms with Crippen LogP contribution in [0.15, 0.2) is 71.3 Å². The number of benzene rings is 2. The molecule has 132 valence electrons. The largest absolute Gasteiger partial charge is 0.459 e. The third-order valence-electron chi connectivity index (χ3n) is 3.76. The van der Waals surface area contributed by atoms with Crippen molar-refractivity contribution < 1.29 is 23.1 Å². The zero-order chi connectivity index (χ0) is 18.5. The number of furan rings is 1. The van der Waals surface area contributed by atoms with Gasteiger partial charge < -0.3 is 14.5 Å². The standard InChI is InChI=1S/C20H16FNO4/c1-13(14-8-10-15(21)11-9-14)26-20(24)16-5-2-3-6-17(16)22-19(23)18-7-4-12-25-18/h2-13H,1H3,(H,22,23)/t13-/m1/s1. The van der Waals surface area contributed by atoms with Gasteiger partial charge in [0.1, 0.15) is 11.9 Å². The third kappa shape index (κ3) is 3.97. The van der Waals surface area contributed by atoms with E-state index in [9.17, 15) is 14.0 Å². The maximum atomic E-state index is 13.0. The minimum atomic E-state index is -0.600. The van der Waals surface area contributed by atoms with Crippen LogP contribution in [0.5, 0.6) is 0 Å². The fraction of sp³-hybridized carbons (Fsp3) is 0.100. The first-order valence-electron chi connectivity index (χ1n) is 7.95. The lowest BCUT2D eigenvalue weighted by Crippen LogP contribution is -2.16. The number of ether oxygens (including phenoxy) is 1. The number of hydrogen-bond donors (Lipinski definition) is 1. The molecular weight excluding hydrogens is 337 g/mol. The Balaban J connectivity index is 1.75. The van der Waals surface area contributed by atoms with E-state index in [0.29, 0.717) is 11.3 Å². The highest BCUT2D eigenvalue weighted by molar-refractivity contribution is 6.06.